The highest BCUT2D eigenvalue weighted by molar-refractivity contribution is 7.85. The van der Waals surface area contributed by atoms with E-state index in [2.05, 4.69) is 12.2 Å². The van der Waals surface area contributed by atoms with Crippen molar-refractivity contribution in [1.29, 1.82) is 0 Å². The molecular formula is C15H23NO2S. The van der Waals surface area contributed by atoms with Crippen LogP contribution in [0.3, 0.4) is 0 Å². The zero-order valence-corrected chi connectivity index (χ0v) is 12.5. The van der Waals surface area contributed by atoms with Gasteiger partial charge in [-0.15, -0.1) is 0 Å². The Kier molecular flexibility index (Phi) is 5.40. The molecule has 0 radical (unpaired) electrons. The first-order valence-corrected chi connectivity index (χ1v) is 8.26. The molecule has 3 atom stereocenters. The molecule has 3 nitrogen and oxygen atoms in total. The van der Waals surface area contributed by atoms with Gasteiger partial charge in [0, 0.05) is 6.04 Å². The molecule has 0 spiro atoms. The van der Waals surface area contributed by atoms with Crippen molar-refractivity contribution in [2.24, 2.45) is 0 Å². The minimum atomic E-state index is -1.00. The maximum Gasteiger partial charge on any atom is 0.134 e. The summed E-state index contributed by atoms with van der Waals surface area (Å²) in [6.45, 7) is 3.04. The Morgan fingerprint density at radius 2 is 2.05 bits per heavy atom. The van der Waals surface area contributed by atoms with E-state index in [0.717, 1.165) is 30.0 Å². The average molecular weight is 281 g/mol. The molecule has 0 aromatic heterocycles. The van der Waals surface area contributed by atoms with Gasteiger partial charge in [0.15, 0.2) is 0 Å². The average Bonchev–Trinajstić information content (AvgIpc) is 2.47. The number of benzene rings is 1. The van der Waals surface area contributed by atoms with E-state index in [1.54, 1.807) is 7.11 Å². The van der Waals surface area contributed by atoms with Crippen molar-refractivity contribution in [1.82, 2.24) is 5.32 Å². The Labute approximate surface area is 118 Å². The quantitative estimate of drug-likeness (QED) is 0.902. The minimum absolute atomic E-state index is 0.199. The third-order valence-corrected chi connectivity index (χ3v) is 5.61. The van der Waals surface area contributed by atoms with Crippen LogP contribution in [0.5, 0.6) is 5.75 Å². The molecule has 19 heavy (non-hydrogen) atoms. The highest BCUT2D eigenvalue weighted by Crippen LogP contribution is 2.30. The zero-order valence-electron chi connectivity index (χ0n) is 11.7. The molecule has 4 heteroatoms. The van der Waals surface area contributed by atoms with E-state index >= 15 is 0 Å². The predicted octanol–water partition coefficient (Wildman–Crippen LogP) is 2.72. The van der Waals surface area contributed by atoms with Gasteiger partial charge in [-0.25, -0.2) is 0 Å². The monoisotopic (exact) mass is 281 g/mol. The Bertz CT molecular complexity index is 434. The van der Waals surface area contributed by atoms with Crippen LogP contribution in [0.1, 0.15) is 32.6 Å². The first-order valence-electron chi connectivity index (χ1n) is 7.05. The number of nitrogens with one attached hydrogen (secondary N) is 1. The summed E-state index contributed by atoms with van der Waals surface area (Å²) in [5.74, 6) is 0.738. The second kappa shape index (κ2) is 7.06. The van der Waals surface area contributed by atoms with Crippen molar-refractivity contribution in [3.63, 3.8) is 0 Å². The summed E-state index contributed by atoms with van der Waals surface area (Å²) in [5, 5.41) is 3.69. The molecule has 3 unspecified atom stereocenters. The van der Waals surface area contributed by atoms with Crippen molar-refractivity contribution in [3.05, 3.63) is 24.3 Å². The smallest absolute Gasteiger partial charge is 0.134 e. The number of hydrogen-bond donors (Lipinski definition) is 1. The van der Waals surface area contributed by atoms with E-state index in [1.807, 2.05) is 24.3 Å². The van der Waals surface area contributed by atoms with Gasteiger partial charge in [0.05, 0.1) is 28.1 Å². The molecule has 0 heterocycles. The lowest BCUT2D eigenvalue weighted by Crippen LogP contribution is -2.44. The fraction of sp³-hybridized carbons (Fsp3) is 0.600. The highest BCUT2D eigenvalue weighted by Gasteiger charge is 2.31. The van der Waals surface area contributed by atoms with Crippen molar-refractivity contribution in [2.75, 3.05) is 13.7 Å². The molecule has 0 saturated heterocycles. The second-order valence-electron chi connectivity index (χ2n) is 4.94. The lowest BCUT2D eigenvalue weighted by Gasteiger charge is -2.31. The first kappa shape index (κ1) is 14.5. The Morgan fingerprint density at radius 3 is 2.79 bits per heavy atom. The Hall–Kier alpha value is -0.870. The van der Waals surface area contributed by atoms with Crippen molar-refractivity contribution >= 4 is 10.8 Å². The molecule has 0 aliphatic heterocycles. The van der Waals surface area contributed by atoms with Crippen LogP contribution in [0.25, 0.3) is 0 Å². The summed E-state index contributed by atoms with van der Waals surface area (Å²) in [6, 6.07) is 8.03. The maximum atomic E-state index is 12.9. The van der Waals surface area contributed by atoms with Crippen LogP contribution in [-0.4, -0.2) is 29.2 Å². The molecule has 1 aliphatic carbocycles. The lowest BCUT2D eigenvalue weighted by molar-refractivity contribution is 0.382. The van der Waals surface area contributed by atoms with Gasteiger partial charge in [-0.2, -0.15) is 0 Å². The van der Waals surface area contributed by atoms with Crippen LogP contribution in [0.4, 0.5) is 0 Å². The van der Waals surface area contributed by atoms with Crippen LogP contribution in [-0.2, 0) is 10.8 Å². The standard InChI is InChI=1S/C15H23NO2S/c1-3-16-12-8-4-6-10-14(12)19(17)15-11-7-5-9-13(15)18-2/h5,7,9,11-12,14,16H,3-4,6,8,10H2,1-2H3. The molecule has 1 aromatic carbocycles. The van der Waals surface area contributed by atoms with E-state index < -0.39 is 10.8 Å². The third-order valence-electron chi connectivity index (χ3n) is 3.73. The van der Waals surface area contributed by atoms with Crippen molar-refractivity contribution < 1.29 is 8.95 Å². The van der Waals surface area contributed by atoms with E-state index in [0.29, 0.717) is 6.04 Å². The molecular weight excluding hydrogens is 258 g/mol. The third kappa shape index (κ3) is 3.37. The van der Waals surface area contributed by atoms with E-state index in [1.165, 1.54) is 12.8 Å². The number of rotatable bonds is 5. The number of hydrogen-bond acceptors (Lipinski definition) is 3. The van der Waals surface area contributed by atoms with E-state index in [9.17, 15) is 4.21 Å². The summed E-state index contributed by atoms with van der Waals surface area (Å²) in [7, 11) is 0.637. The molecule has 0 bridgehead atoms. The van der Waals surface area contributed by atoms with Gasteiger partial charge >= 0.3 is 0 Å². The molecule has 1 saturated carbocycles. The molecule has 1 aromatic rings. The second-order valence-corrected chi connectivity index (χ2v) is 6.58. The Morgan fingerprint density at radius 1 is 1.32 bits per heavy atom. The van der Waals surface area contributed by atoms with Gasteiger partial charge in [0.1, 0.15) is 5.75 Å². The maximum absolute atomic E-state index is 12.9. The van der Waals surface area contributed by atoms with Crippen LogP contribution < -0.4 is 10.1 Å². The molecule has 1 N–H and O–H groups in total. The van der Waals surface area contributed by atoms with E-state index in [4.69, 9.17) is 4.74 Å². The van der Waals surface area contributed by atoms with E-state index in [-0.39, 0.29) is 5.25 Å². The zero-order chi connectivity index (χ0) is 13.7. The number of methoxy groups -OCH3 is 1. The van der Waals surface area contributed by atoms with Gasteiger partial charge in [-0.1, -0.05) is 31.9 Å². The van der Waals surface area contributed by atoms with Gasteiger partial charge in [0.25, 0.3) is 0 Å². The fourth-order valence-corrected chi connectivity index (χ4v) is 4.60. The highest BCUT2D eigenvalue weighted by atomic mass is 32.2. The SMILES string of the molecule is CCNC1CCCCC1S(=O)c1ccccc1OC. The van der Waals surface area contributed by atoms with Gasteiger partial charge in [0.2, 0.25) is 0 Å². The summed E-state index contributed by atoms with van der Waals surface area (Å²) in [4.78, 5) is 0.833. The molecule has 2 rings (SSSR count). The van der Waals surface area contributed by atoms with Crippen LogP contribution in [0.2, 0.25) is 0 Å². The van der Waals surface area contributed by atoms with Crippen molar-refractivity contribution in [2.45, 2.75) is 48.8 Å². The van der Waals surface area contributed by atoms with Gasteiger partial charge in [-0.3, -0.25) is 4.21 Å². The molecule has 0 amide bonds. The first-order chi connectivity index (χ1) is 9.27. The molecule has 106 valence electrons. The molecule has 1 fully saturated rings. The fourth-order valence-electron chi connectivity index (χ4n) is 2.80. The number of para-hydroxylation sites is 1. The predicted molar refractivity (Wildman–Crippen MR) is 79.1 cm³/mol. The summed E-state index contributed by atoms with van der Waals surface area (Å²) in [5.41, 5.74) is 0. The Balaban J connectivity index is 2.21. The van der Waals surface area contributed by atoms with Crippen LogP contribution >= 0.6 is 0 Å². The van der Waals surface area contributed by atoms with Crippen molar-refractivity contribution in [3.8, 4) is 5.75 Å². The normalized spacial score (nSPS) is 24.9. The topological polar surface area (TPSA) is 38.3 Å². The number of ether oxygens (including phenoxy) is 1. The lowest BCUT2D eigenvalue weighted by atomic mass is 9.95. The van der Waals surface area contributed by atoms with Crippen LogP contribution in [0.15, 0.2) is 29.2 Å². The van der Waals surface area contributed by atoms with Crippen LogP contribution in [0, 0.1) is 0 Å². The minimum Gasteiger partial charge on any atom is -0.495 e. The van der Waals surface area contributed by atoms with Gasteiger partial charge < -0.3 is 10.1 Å². The molecule has 1 aliphatic rings. The van der Waals surface area contributed by atoms with Gasteiger partial charge in [-0.05, 0) is 31.5 Å². The summed E-state index contributed by atoms with van der Waals surface area (Å²) >= 11 is 0. The largest absolute Gasteiger partial charge is 0.495 e. The summed E-state index contributed by atoms with van der Waals surface area (Å²) < 4.78 is 18.2. The summed E-state index contributed by atoms with van der Waals surface area (Å²) in [6.07, 6.45) is 4.56.